The molecule has 216 valence electrons. The summed E-state index contributed by atoms with van der Waals surface area (Å²) in [6.07, 6.45) is 7.84. The lowest BCUT2D eigenvalue weighted by molar-refractivity contribution is -0.132. The minimum Gasteiger partial charge on any atom is -0.379 e. The predicted octanol–water partition coefficient (Wildman–Crippen LogP) is 3.75. The summed E-state index contributed by atoms with van der Waals surface area (Å²) in [6.45, 7) is 5.25. The van der Waals surface area contributed by atoms with Crippen molar-refractivity contribution in [1.82, 2.24) is 13.8 Å². The fraction of sp³-hybridized carbons (Fsp3) is 0.419. The molecule has 4 heterocycles. The largest absolute Gasteiger partial charge is 0.379 e. The number of aryl methyl sites for hydroxylation is 1. The molecule has 0 atom stereocenters. The van der Waals surface area contributed by atoms with Crippen molar-refractivity contribution in [2.45, 2.75) is 44.0 Å². The van der Waals surface area contributed by atoms with Crippen LogP contribution in [0.1, 0.15) is 42.9 Å². The van der Waals surface area contributed by atoms with Gasteiger partial charge in [0.05, 0.1) is 29.3 Å². The van der Waals surface area contributed by atoms with Crippen LogP contribution in [0.5, 0.6) is 0 Å². The number of benzene rings is 2. The number of sulfonamides is 1. The Hall–Kier alpha value is -3.47. The standard InChI is InChI=1S/C31H36N4O5S/c1-3-22-8-7-9-25-23(20-34(30(22)25)21-29(36)33-12-5-4-6-13-33)18-27-26-19-24(10-11-28(26)32(2)31(27)37)41(38,39)35-14-16-40-17-15-35/h7-11,18-20H,3-6,12-17,21H2,1-2H3/b27-18-. The van der Waals surface area contributed by atoms with Crippen molar-refractivity contribution >= 4 is 50.1 Å². The van der Waals surface area contributed by atoms with E-state index in [0.717, 1.165) is 60.8 Å². The first-order valence-electron chi connectivity index (χ1n) is 14.4. The van der Waals surface area contributed by atoms with E-state index in [2.05, 4.69) is 13.0 Å². The van der Waals surface area contributed by atoms with Crippen LogP contribution in [0, 0.1) is 0 Å². The quantitative estimate of drug-likeness (QED) is 0.417. The summed E-state index contributed by atoms with van der Waals surface area (Å²) in [5.41, 5.74) is 4.64. The maximum atomic E-state index is 13.5. The van der Waals surface area contributed by atoms with E-state index < -0.39 is 10.0 Å². The molecule has 2 fully saturated rings. The van der Waals surface area contributed by atoms with Crippen LogP contribution in [-0.4, -0.2) is 80.4 Å². The Balaban J connectivity index is 1.42. The Morgan fingerprint density at radius 1 is 1.02 bits per heavy atom. The smallest absolute Gasteiger partial charge is 0.258 e. The van der Waals surface area contributed by atoms with Gasteiger partial charge in [-0.25, -0.2) is 8.42 Å². The van der Waals surface area contributed by atoms with Gasteiger partial charge >= 0.3 is 0 Å². The second-order valence-corrected chi connectivity index (χ2v) is 12.9. The number of aromatic nitrogens is 1. The van der Waals surface area contributed by atoms with Gasteiger partial charge in [-0.2, -0.15) is 4.31 Å². The maximum Gasteiger partial charge on any atom is 0.258 e. The number of morpholine rings is 1. The van der Waals surface area contributed by atoms with Gasteiger partial charge in [-0.15, -0.1) is 0 Å². The van der Waals surface area contributed by atoms with Gasteiger partial charge in [0.25, 0.3) is 5.91 Å². The van der Waals surface area contributed by atoms with E-state index in [9.17, 15) is 18.0 Å². The summed E-state index contributed by atoms with van der Waals surface area (Å²) in [6, 6.07) is 11.0. The highest BCUT2D eigenvalue weighted by Crippen LogP contribution is 2.40. The van der Waals surface area contributed by atoms with Gasteiger partial charge in [0.15, 0.2) is 0 Å². The number of likely N-dealkylation sites (N-methyl/N-ethyl adjacent to an activating group) is 1. The predicted molar refractivity (Wildman–Crippen MR) is 159 cm³/mol. The van der Waals surface area contributed by atoms with E-state index in [1.807, 2.05) is 33.9 Å². The fourth-order valence-corrected chi connectivity index (χ4v) is 7.63. The SMILES string of the molecule is CCc1cccc2c(/C=C3\C(=O)N(C)c4ccc(S(=O)(=O)N5CCOCC5)cc43)cn(CC(=O)N3CCCCC3)c12. The monoisotopic (exact) mass is 576 g/mol. The van der Waals surface area contributed by atoms with E-state index in [4.69, 9.17) is 4.74 Å². The molecule has 3 aliphatic rings. The van der Waals surface area contributed by atoms with Crippen molar-refractivity contribution in [1.29, 1.82) is 0 Å². The normalized spacial score (nSPS) is 19.4. The summed E-state index contributed by atoms with van der Waals surface area (Å²) in [5.74, 6) is -0.0930. The van der Waals surface area contributed by atoms with E-state index in [1.54, 1.807) is 30.1 Å². The molecular weight excluding hydrogens is 540 g/mol. The van der Waals surface area contributed by atoms with Crippen LogP contribution in [0.15, 0.2) is 47.5 Å². The Labute approximate surface area is 241 Å². The molecule has 0 saturated carbocycles. The Morgan fingerprint density at radius 3 is 2.51 bits per heavy atom. The summed E-state index contributed by atoms with van der Waals surface area (Å²) < 4.78 is 35.6. The number of likely N-dealkylation sites (tertiary alicyclic amines) is 1. The van der Waals surface area contributed by atoms with Crippen LogP contribution in [-0.2, 0) is 37.3 Å². The number of hydrogen-bond donors (Lipinski definition) is 0. The molecule has 9 nitrogen and oxygen atoms in total. The summed E-state index contributed by atoms with van der Waals surface area (Å²) >= 11 is 0. The van der Waals surface area contributed by atoms with Crippen LogP contribution in [0.3, 0.4) is 0 Å². The minimum atomic E-state index is -3.73. The molecule has 0 unspecified atom stereocenters. The fourth-order valence-electron chi connectivity index (χ4n) is 6.20. The lowest BCUT2D eigenvalue weighted by atomic mass is 10.0. The van der Waals surface area contributed by atoms with Crippen LogP contribution < -0.4 is 4.90 Å². The van der Waals surface area contributed by atoms with Crippen molar-refractivity contribution in [3.63, 3.8) is 0 Å². The molecule has 3 aliphatic heterocycles. The van der Waals surface area contributed by atoms with Gasteiger partial charge in [-0.05, 0) is 55.5 Å². The molecule has 10 heteroatoms. The molecule has 2 saturated heterocycles. The van der Waals surface area contributed by atoms with Gasteiger partial charge in [-0.1, -0.05) is 25.1 Å². The van der Waals surface area contributed by atoms with Gasteiger partial charge in [0.1, 0.15) is 6.54 Å². The third-order valence-electron chi connectivity index (χ3n) is 8.47. The average molecular weight is 577 g/mol. The minimum absolute atomic E-state index is 0.103. The van der Waals surface area contributed by atoms with Crippen LogP contribution in [0.4, 0.5) is 5.69 Å². The highest BCUT2D eigenvalue weighted by atomic mass is 32.2. The number of para-hydroxylation sites is 1. The van der Waals surface area contributed by atoms with Crippen molar-refractivity contribution in [2.24, 2.45) is 0 Å². The molecule has 1 aromatic heterocycles. The van der Waals surface area contributed by atoms with Crippen LogP contribution >= 0.6 is 0 Å². The van der Waals surface area contributed by atoms with Gasteiger partial charge in [-0.3, -0.25) is 9.59 Å². The number of fused-ring (bicyclic) bond motifs is 2. The Kier molecular flexibility index (Phi) is 7.48. The number of anilines is 1. The highest BCUT2D eigenvalue weighted by Gasteiger charge is 2.33. The van der Waals surface area contributed by atoms with E-state index >= 15 is 0 Å². The summed E-state index contributed by atoms with van der Waals surface area (Å²) in [7, 11) is -2.03. The van der Waals surface area contributed by atoms with Crippen molar-refractivity contribution in [2.75, 3.05) is 51.3 Å². The summed E-state index contributed by atoms with van der Waals surface area (Å²) in [5, 5.41) is 0.962. The zero-order chi connectivity index (χ0) is 28.7. The lowest BCUT2D eigenvalue weighted by Gasteiger charge is -2.27. The third kappa shape index (κ3) is 4.98. The molecule has 0 bridgehead atoms. The maximum absolute atomic E-state index is 13.5. The van der Waals surface area contributed by atoms with Crippen molar-refractivity contribution in [3.05, 3.63) is 59.3 Å². The topological polar surface area (TPSA) is 92.2 Å². The van der Waals surface area contributed by atoms with E-state index in [1.165, 1.54) is 4.31 Å². The van der Waals surface area contributed by atoms with Gasteiger partial charge < -0.3 is 19.1 Å². The first-order chi connectivity index (χ1) is 19.8. The van der Waals surface area contributed by atoms with Crippen molar-refractivity contribution < 1.29 is 22.7 Å². The molecule has 2 amide bonds. The Morgan fingerprint density at radius 2 is 1.78 bits per heavy atom. The molecule has 6 rings (SSSR count). The third-order valence-corrected chi connectivity index (χ3v) is 10.4. The Bertz CT molecular complexity index is 1650. The summed E-state index contributed by atoms with van der Waals surface area (Å²) in [4.78, 5) is 30.4. The second-order valence-electron chi connectivity index (χ2n) is 10.9. The van der Waals surface area contributed by atoms with Gasteiger partial charge in [0.2, 0.25) is 15.9 Å². The van der Waals surface area contributed by atoms with Crippen molar-refractivity contribution in [3.8, 4) is 0 Å². The zero-order valence-electron chi connectivity index (χ0n) is 23.6. The van der Waals surface area contributed by atoms with E-state index in [0.29, 0.717) is 43.1 Å². The number of nitrogens with zero attached hydrogens (tertiary/aromatic N) is 4. The molecule has 0 radical (unpaired) electrons. The highest BCUT2D eigenvalue weighted by molar-refractivity contribution is 7.89. The zero-order valence-corrected chi connectivity index (χ0v) is 24.5. The lowest BCUT2D eigenvalue weighted by Crippen LogP contribution is -2.40. The molecule has 0 aliphatic carbocycles. The van der Waals surface area contributed by atoms with E-state index in [-0.39, 0.29) is 23.3 Å². The number of amides is 2. The number of hydrogen-bond acceptors (Lipinski definition) is 5. The number of piperidine rings is 1. The average Bonchev–Trinajstić information content (AvgIpc) is 3.47. The number of carbonyl (C=O) groups excluding carboxylic acids is 2. The molecule has 3 aromatic rings. The first kappa shape index (κ1) is 27.7. The molecule has 41 heavy (non-hydrogen) atoms. The first-order valence-corrected chi connectivity index (χ1v) is 15.8. The van der Waals surface area contributed by atoms with Crippen LogP contribution in [0.2, 0.25) is 0 Å². The molecule has 0 N–H and O–H groups in total. The number of carbonyl (C=O) groups is 2. The van der Waals surface area contributed by atoms with Gasteiger partial charge in [0, 0.05) is 61.5 Å². The molecular formula is C31H36N4O5S. The second kappa shape index (κ2) is 11.1. The van der Waals surface area contributed by atoms with Crippen LogP contribution in [0.25, 0.3) is 22.6 Å². The molecule has 0 spiro atoms. The molecule has 2 aromatic carbocycles. The number of ether oxygens (including phenoxy) is 1. The number of rotatable bonds is 6.